The van der Waals surface area contributed by atoms with E-state index < -0.39 is 0 Å². The average Bonchev–Trinajstić information content (AvgIpc) is 3.27. The molecule has 3 aromatic rings. The zero-order valence-electron chi connectivity index (χ0n) is 14.1. The van der Waals surface area contributed by atoms with Gasteiger partial charge in [-0.25, -0.2) is 4.68 Å². The minimum atomic E-state index is -0.0674. The number of amides is 1. The summed E-state index contributed by atoms with van der Waals surface area (Å²) in [6, 6.07) is 9.78. The van der Waals surface area contributed by atoms with Gasteiger partial charge < -0.3 is 10.6 Å². The second-order valence-corrected chi connectivity index (χ2v) is 6.46. The Labute approximate surface area is 145 Å². The lowest BCUT2D eigenvalue weighted by atomic mass is 10.1. The van der Waals surface area contributed by atoms with Crippen LogP contribution in [0.3, 0.4) is 0 Å². The Hall–Kier alpha value is -2.80. The summed E-state index contributed by atoms with van der Waals surface area (Å²) in [6.45, 7) is 3.91. The molecule has 2 N–H and O–H groups in total. The molecule has 0 aliphatic carbocycles. The Morgan fingerprint density at radius 2 is 2.24 bits per heavy atom. The second-order valence-electron chi connectivity index (χ2n) is 6.46. The van der Waals surface area contributed by atoms with E-state index >= 15 is 0 Å². The molecule has 0 bridgehead atoms. The molecule has 25 heavy (non-hydrogen) atoms. The van der Waals surface area contributed by atoms with E-state index in [4.69, 9.17) is 5.73 Å². The first-order valence-electron chi connectivity index (χ1n) is 8.44. The van der Waals surface area contributed by atoms with Gasteiger partial charge in [-0.1, -0.05) is 11.3 Å². The molecule has 1 atom stereocenters. The number of hydrogen-bond acceptors (Lipinski definition) is 5. The van der Waals surface area contributed by atoms with Crippen LogP contribution in [-0.2, 0) is 0 Å². The minimum Gasteiger partial charge on any atom is -0.337 e. The molecular formula is C18H20N6O. The van der Waals surface area contributed by atoms with E-state index in [1.165, 1.54) is 0 Å². The van der Waals surface area contributed by atoms with Gasteiger partial charge in [0.05, 0.1) is 16.9 Å². The van der Waals surface area contributed by atoms with E-state index in [0.717, 1.165) is 35.2 Å². The van der Waals surface area contributed by atoms with Crippen molar-refractivity contribution >= 4 is 16.8 Å². The van der Waals surface area contributed by atoms with Crippen LogP contribution < -0.4 is 5.73 Å². The quantitative estimate of drug-likeness (QED) is 0.783. The average molecular weight is 336 g/mol. The molecule has 0 saturated carbocycles. The number of carbonyl (C=O) groups is 1. The molecule has 7 heteroatoms. The number of aromatic nitrogens is 4. The van der Waals surface area contributed by atoms with E-state index in [-0.39, 0.29) is 5.91 Å². The van der Waals surface area contributed by atoms with Gasteiger partial charge >= 0.3 is 0 Å². The molecule has 0 spiro atoms. The first-order chi connectivity index (χ1) is 12.2. The van der Waals surface area contributed by atoms with Gasteiger partial charge in [0, 0.05) is 24.7 Å². The highest BCUT2D eigenvalue weighted by Gasteiger charge is 2.29. The number of rotatable bonds is 3. The summed E-state index contributed by atoms with van der Waals surface area (Å²) in [7, 11) is 0. The van der Waals surface area contributed by atoms with Crippen LogP contribution >= 0.6 is 0 Å². The van der Waals surface area contributed by atoms with Crippen molar-refractivity contribution in [2.45, 2.75) is 13.3 Å². The van der Waals surface area contributed by atoms with Crippen molar-refractivity contribution in [1.82, 2.24) is 24.9 Å². The number of likely N-dealkylation sites (tertiary alicyclic amines) is 1. The number of nitrogens with zero attached hydrogens (tertiary/aromatic N) is 5. The van der Waals surface area contributed by atoms with Crippen molar-refractivity contribution in [1.29, 1.82) is 0 Å². The lowest BCUT2D eigenvalue weighted by Crippen LogP contribution is -2.30. The van der Waals surface area contributed by atoms with E-state index in [9.17, 15) is 4.79 Å². The van der Waals surface area contributed by atoms with Crippen molar-refractivity contribution in [3.05, 3.63) is 47.9 Å². The lowest BCUT2D eigenvalue weighted by Gasteiger charge is -2.15. The fraction of sp³-hybridized carbons (Fsp3) is 0.333. The molecule has 4 rings (SSSR count). The van der Waals surface area contributed by atoms with Gasteiger partial charge in [0.25, 0.3) is 5.91 Å². The van der Waals surface area contributed by atoms with Crippen LogP contribution in [0.2, 0.25) is 0 Å². The van der Waals surface area contributed by atoms with Crippen molar-refractivity contribution in [3.8, 4) is 5.69 Å². The highest BCUT2D eigenvalue weighted by atomic mass is 16.2. The summed E-state index contributed by atoms with van der Waals surface area (Å²) < 4.78 is 1.70. The van der Waals surface area contributed by atoms with E-state index in [2.05, 4.69) is 15.3 Å². The molecule has 1 aliphatic rings. The number of pyridine rings is 1. The summed E-state index contributed by atoms with van der Waals surface area (Å²) in [6.07, 6.45) is 2.72. The van der Waals surface area contributed by atoms with Gasteiger partial charge in [-0.05, 0) is 50.1 Å². The maximum atomic E-state index is 12.7. The van der Waals surface area contributed by atoms with Gasteiger partial charge in [-0.3, -0.25) is 9.78 Å². The van der Waals surface area contributed by atoms with Crippen LogP contribution in [0.1, 0.15) is 22.6 Å². The fourth-order valence-corrected chi connectivity index (χ4v) is 3.33. The SMILES string of the molecule is Cc1c(C(=O)N2CC[C@@H](CN)C2)nnn1-c1ccc2ncccc2c1. The van der Waals surface area contributed by atoms with Gasteiger partial charge in [0.2, 0.25) is 0 Å². The van der Waals surface area contributed by atoms with Crippen LogP contribution in [0, 0.1) is 12.8 Å². The van der Waals surface area contributed by atoms with Crippen molar-refractivity contribution in [3.63, 3.8) is 0 Å². The summed E-state index contributed by atoms with van der Waals surface area (Å²) in [5, 5.41) is 9.36. The van der Waals surface area contributed by atoms with Crippen LogP contribution in [0.15, 0.2) is 36.5 Å². The lowest BCUT2D eigenvalue weighted by molar-refractivity contribution is 0.0781. The van der Waals surface area contributed by atoms with Crippen molar-refractivity contribution in [2.75, 3.05) is 19.6 Å². The van der Waals surface area contributed by atoms with Gasteiger partial charge in [0.15, 0.2) is 5.69 Å². The summed E-state index contributed by atoms with van der Waals surface area (Å²) in [4.78, 5) is 18.9. The number of fused-ring (bicyclic) bond motifs is 1. The third-order valence-corrected chi connectivity index (χ3v) is 4.83. The highest BCUT2D eigenvalue weighted by Crippen LogP contribution is 2.21. The van der Waals surface area contributed by atoms with Crippen LogP contribution in [0.5, 0.6) is 0 Å². The maximum Gasteiger partial charge on any atom is 0.276 e. The fourth-order valence-electron chi connectivity index (χ4n) is 3.33. The van der Waals surface area contributed by atoms with Crippen LogP contribution in [0.25, 0.3) is 16.6 Å². The monoisotopic (exact) mass is 336 g/mol. The number of nitrogens with two attached hydrogens (primary N) is 1. The molecule has 1 amide bonds. The topological polar surface area (TPSA) is 89.9 Å². The first kappa shape index (κ1) is 15.7. The highest BCUT2D eigenvalue weighted by molar-refractivity contribution is 5.93. The molecular weight excluding hydrogens is 316 g/mol. The third kappa shape index (κ3) is 2.76. The summed E-state index contributed by atoms with van der Waals surface area (Å²) in [5.74, 6) is 0.314. The maximum absolute atomic E-state index is 12.7. The Bertz CT molecular complexity index is 934. The zero-order valence-corrected chi connectivity index (χ0v) is 14.1. The van der Waals surface area contributed by atoms with Crippen molar-refractivity contribution < 1.29 is 4.79 Å². The second kappa shape index (κ2) is 6.25. The van der Waals surface area contributed by atoms with Crippen LogP contribution in [0.4, 0.5) is 0 Å². The molecule has 1 aromatic carbocycles. The Balaban J connectivity index is 1.65. The van der Waals surface area contributed by atoms with Gasteiger partial charge in [-0.2, -0.15) is 0 Å². The predicted molar refractivity (Wildman–Crippen MR) is 94.5 cm³/mol. The Kier molecular flexibility index (Phi) is 3.93. The number of hydrogen-bond donors (Lipinski definition) is 1. The third-order valence-electron chi connectivity index (χ3n) is 4.83. The Morgan fingerprint density at radius 3 is 3.04 bits per heavy atom. The summed E-state index contributed by atoms with van der Waals surface area (Å²) >= 11 is 0. The smallest absolute Gasteiger partial charge is 0.276 e. The standard InChI is InChI=1S/C18H20N6O/c1-12-17(18(25)23-8-6-13(10-19)11-23)21-22-24(12)15-4-5-16-14(9-15)3-2-7-20-16/h2-5,7,9,13H,6,8,10-11,19H2,1H3/t13-/m0/s1. The van der Waals surface area contributed by atoms with Crippen molar-refractivity contribution in [2.24, 2.45) is 11.7 Å². The summed E-state index contributed by atoms with van der Waals surface area (Å²) in [5.41, 5.74) is 8.65. The molecule has 7 nitrogen and oxygen atoms in total. The minimum absolute atomic E-state index is 0.0674. The normalized spacial score (nSPS) is 17.4. The molecule has 2 aromatic heterocycles. The van der Waals surface area contributed by atoms with E-state index in [1.54, 1.807) is 10.9 Å². The zero-order chi connectivity index (χ0) is 17.4. The molecule has 3 heterocycles. The number of carbonyl (C=O) groups excluding carboxylic acids is 1. The number of benzene rings is 1. The molecule has 1 saturated heterocycles. The van der Waals surface area contributed by atoms with Crippen LogP contribution in [-0.4, -0.2) is 50.4 Å². The Morgan fingerprint density at radius 1 is 1.36 bits per heavy atom. The van der Waals surface area contributed by atoms with Gasteiger partial charge in [0.1, 0.15) is 0 Å². The largest absolute Gasteiger partial charge is 0.337 e. The molecule has 0 radical (unpaired) electrons. The molecule has 0 unspecified atom stereocenters. The molecule has 1 aliphatic heterocycles. The molecule has 1 fully saturated rings. The molecule has 128 valence electrons. The van der Waals surface area contributed by atoms with Gasteiger partial charge in [-0.15, -0.1) is 5.10 Å². The van der Waals surface area contributed by atoms with E-state index in [1.807, 2.05) is 42.2 Å². The predicted octanol–water partition coefficient (Wildman–Crippen LogP) is 1.54. The first-order valence-corrected chi connectivity index (χ1v) is 8.44. The van der Waals surface area contributed by atoms with E-state index in [0.29, 0.717) is 24.7 Å².